The number of para-hydroxylation sites is 2. The van der Waals surface area contributed by atoms with Crippen LogP contribution in [0.25, 0.3) is 11.0 Å². The number of aromatic nitrogens is 2. The lowest BCUT2D eigenvalue weighted by Crippen LogP contribution is -2.13. The lowest BCUT2D eigenvalue weighted by atomic mass is 10.1. The Hall–Kier alpha value is -5.18. The van der Waals surface area contributed by atoms with Crippen LogP contribution >= 0.6 is 0 Å². The second-order valence-electron chi connectivity index (χ2n) is 8.98. The highest BCUT2D eigenvalue weighted by molar-refractivity contribution is 6.04. The van der Waals surface area contributed by atoms with Crippen molar-refractivity contribution in [2.24, 2.45) is 0 Å². The first-order valence-electron chi connectivity index (χ1n) is 12.7. The molecule has 5 aromatic rings. The monoisotopic (exact) mass is 537 g/mol. The summed E-state index contributed by atoms with van der Waals surface area (Å²) in [6, 6.07) is 26.3. The van der Waals surface area contributed by atoms with Gasteiger partial charge in [0.15, 0.2) is 11.6 Å². The van der Waals surface area contributed by atoms with Crippen LogP contribution in [0.4, 0.5) is 27.4 Å². The molecule has 40 heavy (non-hydrogen) atoms. The first kappa shape index (κ1) is 26.4. The van der Waals surface area contributed by atoms with Crippen molar-refractivity contribution in [3.63, 3.8) is 0 Å². The molecule has 9 heteroatoms. The summed E-state index contributed by atoms with van der Waals surface area (Å²) in [5.74, 6) is 1.62. The van der Waals surface area contributed by atoms with Gasteiger partial charge < -0.3 is 25.4 Å². The fraction of sp³-hybridized carbons (Fsp3) is 0.129. The SMILES string of the molecule is COc1cc(Nc2nc3ccccc3nc2NCCc2cccc(NC(=O)c3cccc(F)c3)c2)cc(OC)c1. The zero-order chi connectivity index (χ0) is 27.9. The van der Waals surface area contributed by atoms with Gasteiger partial charge in [-0.3, -0.25) is 4.79 Å². The van der Waals surface area contributed by atoms with Gasteiger partial charge in [0.2, 0.25) is 0 Å². The Kier molecular flexibility index (Phi) is 8.01. The normalized spacial score (nSPS) is 10.7. The predicted molar refractivity (Wildman–Crippen MR) is 155 cm³/mol. The number of carbonyl (C=O) groups is 1. The molecule has 1 amide bonds. The highest BCUT2D eigenvalue weighted by Gasteiger charge is 2.12. The third-order valence-corrected chi connectivity index (χ3v) is 6.16. The third-order valence-electron chi connectivity index (χ3n) is 6.16. The van der Waals surface area contributed by atoms with Crippen LogP contribution in [0.2, 0.25) is 0 Å². The number of nitrogens with one attached hydrogen (secondary N) is 3. The third kappa shape index (κ3) is 6.44. The number of hydrogen-bond donors (Lipinski definition) is 3. The molecule has 8 nitrogen and oxygen atoms in total. The molecule has 0 fully saturated rings. The molecule has 0 saturated carbocycles. The fourth-order valence-corrected chi connectivity index (χ4v) is 4.19. The van der Waals surface area contributed by atoms with Crippen LogP contribution < -0.4 is 25.4 Å². The van der Waals surface area contributed by atoms with Crippen molar-refractivity contribution in [1.29, 1.82) is 0 Å². The van der Waals surface area contributed by atoms with Gasteiger partial charge in [-0.1, -0.05) is 30.3 Å². The maximum Gasteiger partial charge on any atom is 0.255 e. The molecule has 0 radical (unpaired) electrons. The molecule has 0 aliphatic rings. The lowest BCUT2D eigenvalue weighted by molar-refractivity contribution is 0.102. The summed E-state index contributed by atoms with van der Waals surface area (Å²) in [7, 11) is 3.20. The summed E-state index contributed by atoms with van der Waals surface area (Å²) >= 11 is 0. The predicted octanol–water partition coefficient (Wildman–Crippen LogP) is 6.44. The average Bonchev–Trinajstić information content (AvgIpc) is 2.97. The molecule has 3 N–H and O–H groups in total. The highest BCUT2D eigenvalue weighted by atomic mass is 19.1. The first-order chi connectivity index (χ1) is 19.5. The Balaban J connectivity index is 1.31. The lowest BCUT2D eigenvalue weighted by Gasteiger charge is -2.15. The number of fused-ring (bicyclic) bond motifs is 1. The van der Waals surface area contributed by atoms with Crippen molar-refractivity contribution in [3.8, 4) is 11.5 Å². The van der Waals surface area contributed by atoms with Crippen molar-refractivity contribution < 1.29 is 18.7 Å². The minimum absolute atomic E-state index is 0.260. The van der Waals surface area contributed by atoms with Crippen LogP contribution in [0.1, 0.15) is 15.9 Å². The van der Waals surface area contributed by atoms with E-state index in [9.17, 15) is 9.18 Å². The van der Waals surface area contributed by atoms with Gasteiger partial charge >= 0.3 is 0 Å². The molecule has 1 aromatic heterocycles. The molecule has 0 aliphatic heterocycles. The van der Waals surface area contributed by atoms with E-state index in [4.69, 9.17) is 19.4 Å². The summed E-state index contributed by atoms with van der Waals surface area (Å²) < 4.78 is 24.3. The maximum atomic E-state index is 13.5. The van der Waals surface area contributed by atoms with Crippen LogP contribution in [0.5, 0.6) is 11.5 Å². The Bertz CT molecular complexity index is 1640. The van der Waals surface area contributed by atoms with Crippen LogP contribution in [0.3, 0.4) is 0 Å². The standard InChI is InChI=1S/C31H28FN5O3/c1-39-25-17-24(18-26(19-25)40-2)34-30-29(36-27-11-3-4-12-28(27)37-30)33-14-13-20-7-5-10-23(15-20)35-31(38)21-8-6-9-22(32)16-21/h3-12,15-19H,13-14H2,1-2H3,(H,33,36)(H,34,37)(H,35,38). The molecular formula is C31H28FN5O3. The number of hydrogen-bond acceptors (Lipinski definition) is 7. The number of ether oxygens (including phenoxy) is 2. The minimum atomic E-state index is -0.455. The largest absolute Gasteiger partial charge is 0.497 e. The second kappa shape index (κ2) is 12.1. The van der Waals surface area contributed by atoms with Crippen LogP contribution in [-0.4, -0.2) is 36.6 Å². The minimum Gasteiger partial charge on any atom is -0.497 e. The van der Waals surface area contributed by atoms with Gasteiger partial charge in [-0.2, -0.15) is 0 Å². The Morgan fingerprint density at radius 3 is 2.17 bits per heavy atom. The average molecular weight is 538 g/mol. The summed E-state index contributed by atoms with van der Waals surface area (Å²) in [5.41, 5.74) is 4.16. The van der Waals surface area contributed by atoms with Gasteiger partial charge in [0.1, 0.15) is 17.3 Å². The van der Waals surface area contributed by atoms with Crippen LogP contribution in [0, 0.1) is 5.82 Å². The van der Waals surface area contributed by atoms with Gasteiger partial charge in [0.05, 0.1) is 25.3 Å². The van der Waals surface area contributed by atoms with Crippen molar-refractivity contribution >= 4 is 40.0 Å². The number of anilines is 4. The van der Waals surface area contributed by atoms with Crippen LogP contribution in [0.15, 0.2) is 91.0 Å². The van der Waals surface area contributed by atoms with Gasteiger partial charge in [-0.25, -0.2) is 14.4 Å². The molecule has 0 aliphatic carbocycles. The van der Waals surface area contributed by atoms with E-state index in [2.05, 4.69) is 16.0 Å². The van der Waals surface area contributed by atoms with E-state index in [0.29, 0.717) is 41.8 Å². The molecule has 4 aromatic carbocycles. The first-order valence-corrected chi connectivity index (χ1v) is 12.7. The van der Waals surface area contributed by atoms with Crippen molar-refractivity contribution in [1.82, 2.24) is 9.97 Å². The van der Waals surface area contributed by atoms with Gasteiger partial charge in [-0.15, -0.1) is 0 Å². The Morgan fingerprint density at radius 1 is 0.775 bits per heavy atom. The Morgan fingerprint density at radius 2 is 1.48 bits per heavy atom. The van der Waals surface area contributed by atoms with E-state index in [0.717, 1.165) is 22.3 Å². The van der Waals surface area contributed by atoms with Gasteiger partial charge in [0.25, 0.3) is 5.91 Å². The highest BCUT2D eigenvalue weighted by Crippen LogP contribution is 2.30. The molecule has 0 saturated heterocycles. The van der Waals surface area contributed by atoms with E-state index in [-0.39, 0.29) is 11.5 Å². The molecule has 0 bridgehead atoms. The van der Waals surface area contributed by atoms with Crippen molar-refractivity contribution in [2.75, 3.05) is 36.7 Å². The zero-order valence-electron chi connectivity index (χ0n) is 22.1. The van der Waals surface area contributed by atoms with E-state index < -0.39 is 5.82 Å². The topological polar surface area (TPSA) is 97.4 Å². The van der Waals surface area contributed by atoms with Crippen molar-refractivity contribution in [2.45, 2.75) is 6.42 Å². The molecule has 0 spiro atoms. The Labute approximate surface area is 231 Å². The summed E-state index contributed by atoms with van der Waals surface area (Å²) in [5, 5.41) is 9.57. The van der Waals surface area contributed by atoms with E-state index in [1.807, 2.05) is 54.6 Å². The maximum absolute atomic E-state index is 13.5. The number of amides is 1. The number of carbonyl (C=O) groups excluding carboxylic acids is 1. The number of nitrogens with zero attached hydrogens (tertiary/aromatic N) is 2. The molecule has 1 heterocycles. The van der Waals surface area contributed by atoms with Crippen LogP contribution in [-0.2, 0) is 6.42 Å². The number of halogens is 1. The second-order valence-corrected chi connectivity index (χ2v) is 8.98. The summed E-state index contributed by atoms with van der Waals surface area (Å²) in [4.78, 5) is 22.1. The zero-order valence-corrected chi connectivity index (χ0v) is 22.1. The molecular weight excluding hydrogens is 509 g/mol. The van der Waals surface area contributed by atoms with E-state index >= 15 is 0 Å². The molecule has 0 atom stereocenters. The van der Waals surface area contributed by atoms with E-state index in [1.165, 1.54) is 18.2 Å². The quantitative estimate of drug-likeness (QED) is 0.189. The summed E-state index contributed by atoms with van der Waals surface area (Å²) in [6.45, 7) is 0.560. The fourth-order valence-electron chi connectivity index (χ4n) is 4.19. The van der Waals surface area contributed by atoms with Crippen molar-refractivity contribution in [3.05, 3.63) is 108 Å². The molecule has 202 valence electrons. The number of rotatable bonds is 10. The number of benzene rings is 4. The van der Waals surface area contributed by atoms with E-state index in [1.54, 1.807) is 32.4 Å². The number of methoxy groups -OCH3 is 2. The summed E-state index contributed by atoms with van der Waals surface area (Å²) in [6.07, 6.45) is 0.657. The van der Waals surface area contributed by atoms with Gasteiger partial charge in [-0.05, 0) is 54.4 Å². The molecule has 0 unspecified atom stereocenters. The smallest absolute Gasteiger partial charge is 0.255 e. The molecule has 5 rings (SSSR count). The van der Waals surface area contributed by atoms with Gasteiger partial charge in [0, 0.05) is 41.7 Å².